The highest BCUT2D eigenvalue weighted by Crippen LogP contribution is 2.40. The predicted molar refractivity (Wildman–Crippen MR) is 74.9 cm³/mol. The van der Waals surface area contributed by atoms with Crippen LogP contribution < -0.4 is 14.2 Å². The Bertz CT molecular complexity index is 548. The largest absolute Gasteiger partial charge is 0.493 e. The Labute approximate surface area is 131 Å². The standard InChI is InChI=1S/C14H18O9/c1-20-8-3-6(13(18)19)4-9(21-2)12(8)23-14-11(17)10(16)7(15)5-22-14/h3-4,7,10-11,14-17H,5H2,1-2H3,(H,18,19)/t7-,10-,11+,14+/m0/s1. The first-order chi connectivity index (χ1) is 10.9. The Morgan fingerprint density at radius 3 is 2.17 bits per heavy atom. The maximum Gasteiger partial charge on any atom is 0.335 e. The number of benzene rings is 1. The third-order valence-electron chi connectivity index (χ3n) is 3.40. The number of carbonyl (C=O) groups is 1. The highest BCUT2D eigenvalue weighted by Gasteiger charge is 2.40. The second-order valence-corrected chi connectivity index (χ2v) is 4.88. The van der Waals surface area contributed by atoms with Gasteiger partial charge in [-0.25, -0.2) is 4.79 Å². The molecule has 4 atom stereocenters. The summed E-state index contributed by atoms with van der Waals surface area (Å²) in [5.41, 5.74) is -0.0772. The van der Waals surface area contributed by atoms with E-state index >= 15 is 0 Å². The van der Waals surface area contributed by atoms with Crippen molar-refractivity contribution in [2.24, 2.45) is 0 Å². The summed E-state index contributed by atoms with van der Waals surface area (Å²) in [4.78, 5) is 11.1. The molecule has 0 radical (unpaired) electrons. The normalized spacial score (nSPS) is 27.3. The lowest BCUT2D eigenvalue weighted by atomic mass is 10.1. The van der Waals surface area contributed by atoms with Crippen molar-refractivity contribution < 1.29 is 44.2 Å². The first kappa shape index (κ1) is 17.3. The molecule has 1 fully saturated rings. The summed E-state index contributed by atoms with van der Waals surface area (Å²) in [5, 5.41) is 38.1. The molecule has 0 aliphatic carbocycles. The fraction of sp³-hybridized carbons (Fsp3) is 0.500. The van der Waals surface area contributed by atoms with E-state index in [4.69, 9.17) is 24.1 Å². The van der Waals surface area contributed by atoms with E-state index in [0.29, 0.717) is 0 Å². The van der Waals surface area contributed by atoms with E-state index in [0.717, 1.165) is 0 Å². The van der Waals surface area contributed by atoms with Crippen LogP contribution in [0.25, 0.3) is 0 Å². The molecule has 0 spiro atoms. The van der Waals surface area contributed by atoms with Gasteiger partial charge in [-0.3, -0.25) is 0 Å². The number of rotatable bonds is 5. The number of aromatic carboxylic acids is 1. The summed E-state index contributed by atoms with van der Waals surface area (Å²) in [5.74, 6) is -1.07. The molecule has 1 aromatic rings. The maximum atomic E-state index is 11.1. The van der Waals surface area contributed by atoms with Crippen LogP contribution in [-0.2, 0) is 4.74 Å². The average molecular weight is 330 g/mol. The van der Waals surface area contributed by atoms with Gasteiger partial charge in [0, 0.05) is 0 Å². The van der Waals surface area contributed by atoms with Crippen molar-refractivity contribution in [2.75, 3.05) is 20.8 Å². The second kappa shape index (κ2) is 7.01. The van der Waals surface area contributed by atoms with Crippen LogP contribution in [0.3, 0.4) is 0 Å². The lowest BCUT2D eigenvalue weighted by Crippen LogP contribution is -2.54. The van der Waals surface area contributed by atoms with E-state index in [1.54, 1.807) is 0 Å². The highest BCUT2D eigenvalue weighted by atomic mass is 16.7. The molecule has 0 aromatic heterocycles. The van der Waals surface area contributed by atoms with Gasteiger partial charge in [-0.05, 0) is 12.1 Å². The molecule has 9 heteroatoms. The van der Waals surface area contributed by atoms with Gasteiger partial charge in [-0.2, -0.15) is 0 Å². The first-order valence-electron chi connectivity index (χ1n) is 6.70. The minimum atomic E-state index is -1.51. The summed E-state index contributed by atoms with van der Waals surface area (Å²) in [7, 11) is 2.62. The van der Waals surface area contributed by atoms with Gasteiger partial charge < -0.3 is 39.4 Å². The van der Waals surface area contributed by atoms with Gasteiger partial charge in [0.05, 0.1) is 26.4 Å². The zero-order valence-corrected chi connectivity index (χ0v) is 12.5. The predicted octanol–water partition coefficient (Wildman–Crippen LogP) is -0.780. The Balaban J connectivity index is 2.33. The van der Waals surface area contributed by atoms with E-state index in [2.05, 4.69) is 0 Å². The molecular weight excluding hydrogens is 312 g/mol. The molecule has 0 amide bonds. The molecule has 23 heavy (non-hydrogen) atoms. The molecule has 2 rings (SSSR count). The molecule has 128 valence electrons. The van der Waals surface area contributed by atoms with Crippen molar-refractivity contribution in [3.05, 3.63) is 17.7 Å². The minimum absolute atomic E-state index is 0.00707. The van der Waals surface area contributed by atoms with Gasteiger partial charge in [-0.1, -0.05) is 0 Å². The molecule has 0 saturated carbocycles. The van der Waals surface area contributed by atoms with Crippen molar-refractivity contribution in [1.82, 2.24) is 0 Å². The lowest BCUT2D eigenvalue weighted by molar-refractivity contribution is -0.242. The number of hydrogen-bond acceptors (Lipinski definition) is 8. The Morgan fingerprint density at radius 2 is 1.70 bits per heavy atom. The number of ether oxygens (including phenoxy) is 4. The summed E-state index contributed by atoms with van der Waals surface area (Å²) in [6.45, 7) is -0.235. The van der Waals surface area contributed by atoms with E-state index in [1.807, 2.05) is 0 Å². The third-order valence-corrected chi connectivity index (χ3v) is 3.40. The smallest absolute Gasteiger partial charge is 0.335 e. The lowest BCUT2D eigenvalue weighted by Gasteiger charge is -2.35. The Morgan fingerprint density at radius 1 is 1.13 bits per heavy atom. The Kier molecular flexibility index (Phi) is 5.26. The van der Waals surface area contributed by atoms with Gasteiger partial charge in [-0.15, -0.1) is 0 Å². The van der Waals surface area contributed by atoms with Crippen LogP contribution in [0.5, 0.6) is 17.2 Å². The topological polar surface area (TPSA) is 135 Å². The summed E-state index contributed by atoms with van der Waals surface area (Å²) in [6.07, 6.45) is -5.47. The monoisotopic (exact) mass is 330 g/mol. The zero-order chi connectivity index (χ0) is 17.1. The molecule has 1 heterocycles. The van der Waals surface area contributed by atoms with Crippen LogP contribution >= 0.6 is 0 Å². The van der Waals surface area contributed by atoms with E-state index in [-0.39, 0.29) is 29.4 Å². The zero-order valence-electron chi connectivity index (χ0n) is 12.5. The number of hydrogen-bond donors (Lipinski definition) is 4. The summed E-state index contributed by atoms with van der Waals surface area (Å²) in [6, 6.07) is 2.45. The maximum absolute atomic E-state index is 11.1. The van der Waals surface area contributed by atoms with E-state index < -0.39 is 30.6 Å². The van der Waals surface area contributed by atoms with Gasteiger partial charge >= 0.3 is 5.97 Å². The first-order valence-corrected chi connectivity index (χ1v) is 6.70. The van der Waals surface area contributed by atoms with Crippen molar-refractivity contribution in [3.63, 3.8) is 0 Å². The van der Waals surface area contributed by atoms with Crippen molar-refractivity contribution >= 4 is 5.97 Å². The molecule has 1 aromatic carbocycles. The number of methoxy groups -OCH3 is 2. The molecule has 1 aliphatic rings. The van der Waals surface area contributed by atoms with Crippen LogP contribution in [-0.4, -0.2) is 71.8 Å². The van der Waals surface area contributed by atoms with Crippen LogP contribution in [0.15, 0.2) is 12.1 Å². The Hall–Kier alpha value is -2.07. The molecular formula is C14H18O9. The van der Waals surface area contributed by atoms with E-state index in [1.165, 1.54) is 26.4 Å². The van der Waals surface area contributed by atoms with Gasteiger partial charge in [0.1, 0.15) is 18.3 Å². The fourth-order valence-electron chi connectivity index (χ4n) is 2.12. The average Bonchev–Trinajstić information content (AvgIpc) is 2.54. The van der Waals surface area contributed by atoms with Crippen molar-refractivity contribution in [3.8, 4) is 17.2 Å². The van der Waals surface area contributed by atoms with Crippen LogP contribution in [0, 0.1) is 0 Å². The summed E-state index contributed by atoms with van der Waals surface area (Å²) < 4.78 is 20.8. The van der Waals surface area contributed by atoms with Crippen molar-refractivity contribution in [1.29, 1.82) is 0 Å². The fourth-order valence-corrected chi connectivity index (χ4v) is 2.12. The highest BCUT2D eigenvalue weighted by molar-refractivity contribution is 5.89. The number of aliphatic hydroxyl groups excluding tert-OH is 3. The number of carboxylic acid groups (broad SMARTS) is 1. The molecule has 0 unspecified atom stereocenters. The molecule has 1 aliphatic heterocycles. The van der Waals surface area contributed by atoms with Crippen molar-refractivity contribution in [2.45, 2.75) is 24.6 Å². The molecule has 4 N–H and O–H groups in total. The molecule has 0 bridgehead atoms. The minimum Gasteiger partial charge on any atom is -0.493 e. The van der Waals surface area contributed by atoms with Gasteiger partial charge in [0.25, 0.3) is 0 Å². The second-order valence-electron chi connectivity index (χ2n) is 4.88. The van der Waals surface area contributed by atoms with Crippen LogP contribution in [0.4, 0.5) is 0 Å². The molecule has 9 nitrogen and oxygen atoms in total. The number of carboxylic acids is 1. The van der Waals surface area contributed by atoms with Gasteiger partial charge in [0.15, 0.2) is 11.5 Å². The van der Waals surface area contributed by atoms with Gasteiger partial charge in [0.2, 0.25) is 12.0 Å². The quantitative estimate of drug-likeness (QED) is 0.548. The van der Waals surface area contributed by atoms with Crippen LogP contribution in [0.2, 0.25) is 0 Å². The third kappa shape index (κ3) is 3.48. The van der Waals surface area contributed by atoms with Crippen LogP contribution in [0.1, 0.15) is 10.4 Å². The summed E-state index contributed by atoms with van der Waals surface area (Å²) >= 11 is 0. The number of aliphatic hydroxyl groups is 3. The molecule has 1 saturated heterocycles. The van der Waals surface area contributed by atoms with E-state index in [9.17, 15) is 20.1 Å². The SMILES string of the molecule is COc1cc(C(=O)O)cc(OC)c1O[C@H]1OC[C@H](O)[C@H](O)[C@H]1O.